The number of aliphatic carboxylic acids is 2. The van der Waals surface area contributed by atoms with Crippen LogP contribution in [0.1, 0.15) is 45.4 Å². The van der Waals surface area contributed by atoms with Crippen molar-refractivity contribution >= 4 is 42.3 Å². The molecule has 0 saturated heterocycles. The first kappa shape index (κ1) is 24.7. The summed E-state index contributed by atoms with van der Waals surface area (Å²) in [6, 6.07) is -2.26. The molecular formula is C16H27N3O7S. The third kappa shape index (κ3) is 11.8. The van der Waals surface area contributed by atoms with Gasteiger partial charge in [-0.25, -0.2) is 4.79 Å². The molecule has 0 aliphatic heterocycles. The molecular weight excluding hydrogens is 378 g/mol. The van der Waals surface area contributed by atoms with Crippen molar-refractivity contribution in [3.05, 3.63) is 0 Å². The van der Waals surface area contributed by atoms with E-state index < -0.39 is 48.3 Å². The molecule has 0 aromatic heterocycles. The van der Waals surface area contributed by atoms with Gasteiger partial charge in [0.2, 0.25) is 17.7 Å². The molecule has 0 aromatic rings. The molecule has 10 nitrogen and oxygen atoms in total. The molecule has 0 unspecified atom stereocenters. The molecule has 0 heterocycles. The molecule has 3 amide bonds. The lowest BCUT2D eigenvalue weighted by molar-refractivity contribution is -0.142. The van der Waals surface area contributed by atoms with Crippen molar-refractivity contribution in [2.24, 2.45) is 0 Å². The smallest absolute Gasteiger partial charge is 0.326 e. The van der Waals surface area contributed by atoms with Crippen LogP contribution in [0.5, 0.6) is 0 Å². The molecule has 0 radical (unpaired) electrons. The number of hydrogen-bond donors (Lipinski definition) is 6. The predicted molar refractivity (Wildman–Crippen MR) is 99.4 cm³/mol. The van der Waals surface area contributed by atoms with E-state index in [1.54, 1.807) is 0 Å². The maximum Gasteiger partial charge on any atom is 0.326 e. The molecule has 0 fully saturated rings. The van der Waals surface area contributed by atoms with E-state index in [9.17, 15) is 24.0 Å². The van der Waals surface area contributed by atoms with E-state index in [1.165, 1.54) is 0 Å². The van der Waals surface area contributed by atoms with Crippen molar-refractivity contribution in [2.45, 2.75) is 57.5 Å². The van der Waals surface area contributed by atoms with Gasteiger partial charge in [-0.3, -0.25) is 19.2 Å². The number of carboxylic acid groups (broad SMARTS) is 2. The van der Waals surface area contributed by atoms with Crippen molar-refractivity contribution in [3.8, 4) is 0 Å². The lowest BCUT2D eigenvalue weighted by Crippen LogP contribution is -2.49. The van der Waals surface area contributed by atoms with Crippen LogP contribution in [0.25, 0.3) is 0 Å². The van der Waals surface area contributed by atoms with Gasteiger partial charge in [-0.15, -0.1) is 0 Å². The summed E-state index contributed by atoms with van der Waals surface area (Å²) in [5.41, 5.74) is 0. The van der Waals surface area contributed by atoms with E-state index in [4.69, 9.17) is 10.2 Å². The van der Waals surface area contributed by atoms with Crippen molar-refractivity contribution < 1.29 is 34.2 Å². The van der Waals surface area contributed by atoms with E-state index in [-0.39, 0.29) is 25.0 Å². The summed E-state index contributed by atoms with van der Waals surface area (Å²) >= 11 is 3.93. The largest absolute Gasteiger partial charge is 0.480 e. The molecule has 0 rings (SSSR count). The maximum absolute atomic E-state index is 11.9. The Kier molecular flexibility index (Phi) is 12.7. The summed E-state index contributed by atoms with van der Waals surface area (Å²) in [5.74, 6) is -4.25. The average molecular weight is 405 g/mol. The third-order valence-electron chi connectivity index (χ3n) is 3.55. The van der Waals surface area contributed by atoms with Gasteiger partial charge in [0, 0.05) is 18.6 Å². The van der Waals surface area contributed by atoms with E-state index in [0.29, 0.717) is 6.42 Å². The molecule has 11 heteroatoms. The van der Waals surface area contributed by atoms with Gasteiger partial charge in [0.1, 0.15) is 18.6 Å². The summed E-state index contributed by atoms with van der Waals surface area (Å²) in [4.78, 5) is 57.1. The molecule has 27 heavy (non-hydrogen) atoms. The van der Waals surface area contributed by atoms with Crippen molar-refractivity contribution in [1.29, 1.82) is 0 Å². The van der Waals surface area contributed by atoms with E-state index in [2.05, 4.69) is 28.6 Å². The van der Waals surface area contributed by atoms with Crippen molar-refractivity contribution in [2.75, 3.05) is 12.3 Å². The second-order valence-corrected chi connectivity index (χ2v) is 6.23. The Balaban J connectivity index is 4.46. The van der Waals surface area contributed by atoms with Gasteiger partial charge < -0.3 is 26.2 Å². The Morgan fingerprint density at radius 1 is 0.926 bits per heavy atom. The first-order chi connectivity index (χ1) is 12.7. The zero-order chi connectivity index (χ0) is 20.8. The van der Waals surface area contributed by atoms with Crippen molar-refractivity contribution in [3.63, 3.8) is 0 Å². The zero-order valence-electron chi connectivity index (χ0n) is 15.2. The SMILES string of the molecule is CCCCCC(=O)N[C@@H](CCC(=O)N[C@@H](CS)C(=O)NCC(=O)O)C(=O)O. The second kappa shape index (κ2) is 13.8. The molecule has 0 spiro atoms. The number of nitrogens with one attached hydrogen (secondary N) is 3. The highest BCUT2D eigenvalue weighted by atomic mass is 32.1. The normalized spacial score (nSPS) is 12.5. The van der Waals surface area contributed by atoms with Crippen LogP contribution in [0.15, 0.2) is 0 Å². The third-order valence-corrected chi connectivity index (χ3v) is 3.91. The fourth-order valence-corrected chi connectivity index (χ4v) is 2.34. The Morgan fingerprint density at radius 3 is 2.04 bits per heavy atom. The van der Waals surface area contributed by atoms with Gasteiger partial charge >= 0.3 is 11.9 Å². The first-order valence-electron chi connectivity index (χ1n) is 8.63. The standard InChI is InChI=1S/C16H27N3O7S/c1-2-3-4-5-12(20)18-10(16(25)26)6-7-13(21)19-11(9-27)15(24)17-8-14(22)23/h10-11,27H,2-9H2,1H3,(H,17,24)(H,18,20)(H,19,21)(H,22,23)(H,25,26)/t10-,11-/m0/s1. The van der Waals surface area contributed by atoms with Crippen LogP contribution < -0.4 is 16.0 Å². The van der Waals surface area contributed by atoms with Crippen LogP contribution in [0, 0.1) is 0 Å². The Hall–Kier alpha value is -2.30. The fraction of sp³-hybridized carbons (Fsp3) is 0.688. The minimum Gasteiger partial charge on any atom is -0.480 e. The maximum atomic E-state index is 11.9. The van der Waals surface area contributed by atoms with E-state index in [1.807, 2.05) is 6.92 Å². The number of rotatable bonds is 14. The quantitative estimate of drug-likeness (QED) is 0.168. The monoisotopic (exact) mass is 405 g/mol. The molecule has 5 N–H and O–H groups in total. The lowest BCUT2D eigenvalue weighted by Gasteiger charge is -2.17. The van der Waals surface area contributed by atoms with Gasteiger partial charge in [0.25, 0.3) is 0 Å². The topological polar surface area (TPSA) is 162 Å². The van der Waals surface area contributed by atoms with E-state index >= 15 is 0 Å². The van der Waals surface area contributed by atoms with Crippen LogP contribution in [0.3, 0.4) is 0 Å². The molecule has 0 saturated carbocycles. The number of carbonyl (C=O) groups excluding carboxylic acids is 3. The number of unbranched alkanes of at least 4 members (excludes halogenated alkanes) is 2. The van der Waals surface area contributed by atoms with E-state index in [0.717, 1.165) is 12.8 Å². The summed E-state index contributed by atoms with van der Waals surface area (Å²) in [6.45, 7) is 1.39. The molecule has 154 valence electrons. The Labute approximate surface area is 162 Å². The Bertz CT molecular complexity index is 542. The number of amides is 3. The van der Waals surface area contributed by atoms with Crippen molar-refractivity contribution in [1.82, 2.24) is 16.0 Å². The van der Waals surface area contributed by atoms with Crippen LogP contribution >= 0.6 is 12.6 Å². The molecule has 0 aliphatic rings. The van der Waals surface area contributed by atoms with Crippen LogP contribution in [0.2, 0.25) is 0 Å². The minimum absolute atomic E-state index is 0.0618. The fourth-order valence-electron chi connectivity index (χ4n) is 2.08. The summed E-state index contributed by atoms with van der Waals surface area (Å²) in [5, 5.41) is 24.5. The first-order valence-corrected chi connectivity index (χ1v) is 9.26. The highest BCUT2D eigenvalue weighted by Crippen LogP contribution is 2.03. The highest BCUT2D eigenvalue weighted by Gasteiger charge is 2.23. The molecule has 0 aromatic carbocycles. The number of hydrogen-bond acceptors (Lipinski definition) is 6. The summed E-state index contributed by atoms with van der Waals surface area (Å²) in [6.07, 6.45) is 2.30. The van der Waals surface area contributed by atoms with Gasteiger partial charge in [0.05, 0.1) is 0 Å². The van der Waals surface area contributed by atoms with Crippen LogP contribution in [-0.4, -0.2) is 64.3 Å². The van der Waals surface area contributed by atoms with Gasteiger partial charge in [0.15, 0.2) is 0 Å². The van der Waals surface area contributed by atoms with Crippen LogP contribution in [-0.2, 0) is 24.0 Å². The van der Waals surface area contributed by atoms with Gasteiger partial charge in [-0.1, -0.05) is 19.8 Å². The summed E-state index contributed by atoms with van der Waals surface area (Å²) in [7, 11) is 0. The number of carboxylic acids is 2. The molecule has 0 bridgehead atoms. The highest BCUT2D eigenvalue weighted by molar-refractivity contribution is 7.80. The number of carbonyl (C=O) groups is 5. The minimum atomic E-state index is -1.25. The summed E-state index contributed by atoms with van der Waals surface area (Å²) < 4.78 is 0. The molecule has 2 atom stereocenters. The molecule has 0 aliphatic carbocycles. The van der Waals surface area contributed by atoms with Gasteiger partial charge in [-0.05, 0) is 12.8 Å². The van der Waals surface area contributed by atoms with Crippen LogP contribution in [0.4, 0.5) is 0 Å². The lowest BCUT2D eigenvalue weighted by atomic mass is 10.1. The van der Waals surface area contributed by atoms with Gasteiger partial charge in [-0.2, -0.15) is 12.6 Å². The average Bonchev–Trinajstić information content (AvgIpc) is 2.60. The number of thiol groups is 1. The predicted octanol–water partition coefficient (Wildman–Crippen LogP) is -0.468. The second-order valence-electron chi connectivity index (χ2n) is 5.87. The Morgan fingerprint density at radius 2 is 1.52 bits per heavy atom. The zero-order valence-corrected chi connectivity index (χ0v) is 16.1.